The van der Waals surface area contributed by atoms with Crippen molar-refractivity contribution in [1.29, 1.82) is 0 Å². The van der Waals surface area contributed by atoms with E-state index in [-0.39, 0.29) is 11.9 Å². The first-order valence-corrected chi connectivity index (χ1v) is 5.63. The van der Waals surface area contributed by atoms with Gasteiger partial charge in [0.1, 0.15) is 5.82 Å². The quantitative estimate of drug-likeness (QED) is 0.913. The van der Waals surface area contributed by atoms with E-state index in [1.54, 1.807) is 10.7 Å². The van der Waals surface area contributed by atoms with E-state index in [0.29, 0.717) is 11.4 Å². The normalized spacial score (nSPS) is 12.7. The number of aryl methyl sites for hydroxylation is 1. The number of hydrogen-bond acceptors (Lipinski definition) is 2. The van der Waals surface area contributed by atoms with E-state index in [2.05, 4.69) is 5.10 Å². The second-order valence-corrected chi connectivity index (χ2v) is 4.37. The maximum absolute atomic E-state index is 12.9. The van der Waals surface area contributed by atoms with Gasteiger partial charge in [-0.25, -0.2) is 4.39 Å². The molecule has 1 aromatic carbocycles. The van der Waals surface area contributed by atoms with Crippen molar-refractivity contribution in [3.05, 3.63) is 52.6 Å². The molecular weight excluding hydrogens is 241 g/mol. The lowest BCUT2D eigenvalue weighted by Crippen LogP contribution is -2.14. The first kappa shape index (κ1) is 12.1. The summed E-state index contributed by atoms with van der Waals surface area (Å²) in [6.07, 6.45) is 2.37. The fourth-order valence-corrected chi connectivity index (χ4v) is 1.90. The van der Waals surface area contributed by atoms with Gasteiger partial charge in [-0.15, -0.1) is 0 Å². The molecule has 0 aliphatic rings. The second-order valence-electron chi connectivity index (χ2n) is 3.96. The Morgan fingerprint density at radius 1 is 1.47 bits per heavy atom. The van der Waals surface area contributed by atoms with Gasteiger partial charge in [-0.1, -0.05) is 17.7 Å². The van der Waals surface area contributed by atoms with Crippen LogP contribution in [-0.2, 0) is 13.5 Å². The van der Waals surface area contributed by atoms with Gasteiger partial charge < -0.3 is 5.73 Å². The molecule has 2 N–H and O–H groups in total. The van der Waals surface area contributed by atoms with Gasteiger partial charge in [0.05, 0.1) is 11.7 Å². The Labute approximate surface area is 104 Å². The van der Waals surface area contributed by atoms with Crippen LogP contribution in [0.3, 0.4) is 0 Å². The smallest absolute Gasteiger partial charge is 0.124 e. The van der Waals surface area contributed by atoms with E-state index in [1.165, 1.54) is 12.1 Å². The number of nitrogens with two attached hydrogens (primary N) is 1. The highest BCUT2D eigenvalue weighted by Gasteiger charge is 2.12. The SMILES string of the molecule is Cn1ccc(C(N)Cc2ccc(F)cc2Cl)n1. The van der Waals surface area contributed by atoms with Crippen molar-refractivity contribution in [3.8, 4) is 0 Å². The van der Waals surface area contributed by atoms with Crippen LogP contribution in [0.1, 0.15) is 17.3 Å². The Kier molecular flexibility index (Phi) is 3.45. The largest absolute Gasteiger partial charge is 0.322 e. The fraction of sp³-hybridized carbons (Fsp3) is 0.250. The van der Waals surface area contributed by atoms with Crippen LogP contribution in [0.4, 0.5) is 4.39 Å². The summed E-state index contributed by atoms with van der Waals surface area (Å²) >= 11 is 5.95. The number of hydrogen-bond donors (Lipinski definition) is 1. The van der Waals surface area contributed by atoms with Crippen LogP contribution in [0.25, 0.3) is 0 Å². The highest BCUT2D eigenvalue weighted by molar-refractivity contribution is 6.31. The van der Waals surface area contributed by atoms with Crippen LogP contribution in [0.2, 0.25) is 5.02 Å². The molecule has 1 aromatic heterocycles. The van der Waals surface area contributed by atoms with Gasteiger partial charge in [0, 0.05) is 18.3 Å². The predicted molar refractivity (Wildman–Crippen MR) is 65.3 cm³/mol. The van der Waals surface area contributed by atoms with Gasteiger partial charge >= 0.3 is 0 Å². The molecule has 1 unspecified atom stereocenters. The summed E-state index contributed by atoms with van der Waals surface area (Å²) < 4.78 is 14.6. The van der Waals surface area contributed by atoms with Crippen LogP contribution in [0.15, 0.2) is 30.5 Å². The zero-order valence-electron chi connectivity index (χ0n) is 9.40. The van der Waals surface area contributed by atoms with E-state index < -0.39 is 0 Å². The van der Waals surface area contributed by atoms with Crippen LogP contribution >= 0.6 is 11.6 Å². The van der Waals surface area contributed by atoms with Crippen molar-refractivity contribution in [3.63, 3.8) is 0 Å². The van der Waals surface area contributed by atoms with Crippen LogP contribution < -0.4 is 5.73 Å². The summed E-state index contributed by atoms with van der Waals surface area (Å²) in [5, 5.41) is 4.63. The van der Waals surface area contributed by atoms with Gasteiger partial charge in [-0.3, -0.25) is 4.68 Å². The Morgan fingerprint density at radius 3 is 2.82 bits per heavy atom. The molecule has 2 aromatic rings. The molecule has 0 bridgehead atoms. The lowest BCUT2D eigenvalue weighted by Gasteiger charge is -2.10. The first-order chi connectivity index (χ1) is 8.06. The van der Waals surface area contributed by atoms with Crippen molar-refractivity contribution < 1.29 is 4.39 Å². The van der Waals surface area contributed by atoms with Crippen LogP contribution in [0.5, 0.6) is 0 Å². The third kappa shape index (κ3) is 2.84. The summed E-state index contributed by atoms with van der Waals surface area (Å²) in [6.45, 7) is 0. The Bertz CT molecular complexity index is 524. The molecule has 0 amide bonds. The third-order valence-electron chi connectivity index (χ3n) is 2.57. The lowest BCUT2D eigenvalue weighted by molar-refractivity contribution is 0.624. The molecule has 1 heterocycles. The average Bonchev–Trinajstić information content (AvgIpc) is 2.69. The molecule has 2 rings (SSSR count). The highest BCUT2D eigenvalue weighted by Crippen LogP contribution is 2.22. The van der Waals surface area contributed by atoms with E-state index in [4.69, 9.17) is 17.3 Å². The molecule has 5 heteroatoms. The molecule has 0 aliphatic carbocycles. The van der Waals surface area contributed by atoms with Crippen LogP contribution in [0, 0.1) is 5.82 Å². The average molecular weight is 254 g/mol. The number of halogens is 2. The van der Waals surface area contributed by atoms with Crippen molar-refractivity contribution in [2.45, 2.75) is 12.5 Å². The molecular formula is C12H13ClFN3. The van der Waals surface area contributed by atoms with Gasteiger partial charge in [0.25, 0.3) is 0 Å². The zero-order chi connectivity index (χ0) is 12.4. The third-order valence-corrected chi connectivity index (χ3v) is 2.92. The molecule has 0 spiro atoms. The predicted octanol–water partition coefficient (Wildman–Crippen LogP) is 2.46. The minimum absolute atomic E-state index is 0.237. The monoisotopic (exact) mass is 253 g/mol. The van der Waals surface area contributed by atoms with E-state index in [1.807, 2.05) is 19.3 Å². The van der Waals surface area contributed by atoms with Crippen molar-refractivity contribution in [1.82, 2.24) is 9.78 Å². The molecule has 1 atom stereocenters. The highest BCUT2D eigenvalue weighted by atomic mass is 35.5. The van der Waals surface area contributed by atoms with Crippen molar-refractivity contribution >= 4 is 11.6 Å². The summed E-state index contributed by atoms with van der Waals surface area (Å²) in [6, 6.07) is 5.95. The van der Waals surface area contributed by atoms with Gasteiger partial charge in [0.15, 0.2) is 0 Å². The zero-order valence-corrected chi connectivity index (χ0v) is 10.2. The summed E-state index contributed by atoms with van der Waals surface area (Å²) in [4.78, 5) is 0. The van der Waals surface area contributed by atoms with Gasteiger partial charge in [-0.2, -0.15) is 5.10 Å². The Morgan fingerprint density at radius 2 is 2.24 bits per heavy atom. The molecule has 90 valence electrons. The molecule has 0 radical (unpaired) electrons. The van der Waals surface area contributed by atoms with E-state index in [0.717, 1.165) is 11.3 Å². The standard InChI is InChI=1S/C12H13ClFN3/c1-17-5-4-12(16-17)11(15)6-8-2-3-9(14)7-10(8)13/h2-5,7,11H,6,15H2,1H3. The van der Waals surface area contributed by atoms with Crippen LogP contribution in [-0.4, -0.2) is 9.78 Å². The summed E-state index contributed by atoms with van der Waals surface area (Å²) in [5.74, 6) is -0.342. The fourth-order valence-electron chi connectivity index (χ4n) is 1.66. The molecule has 0 aliphatic heterocycles. The van der Waals surface area contributed by atoms with E-state index in [9.17, 15) is 4.39 Å². The minimum atomic E-state index is -0.342. The molecule has 0 saturated carbocycles. The molecule has 3 nitrogen and oxygen atoms in total. The van der Waals surface area contributed by atoms with Gasteiger partial charge in [0.2, 0.25) is 0 Å². The topological polar surface area (TPSA) is 43.8 Å². The number of rotatable bonds is 3. The van der Waals surface area contributed by atoms with Crippen molar-refractivity contribution in [2.24, 2.45) is 12.8 Å². The Hall–Kier alpha value is -1.39. The summed E-state index contributed by atoms with van der Waals surface area (Å²) in [5.41, 5.74) is 7.64. The molecule has 0 saturated heterocycles. The lowest BCUT2D eigenvalue weighted by atomic mass is 10.0. The maximum Gasteiger partial charge on any atom is 0.124 e. The van der Waals surface area contributed by atoms with Gasteiger partial charge in [-0.05, 0) is 30.2 Å². The molecule has 0 fully saturated rings. The second kappa shape index (κ2) is 4.85. The maximum atomic E-state index is 12.9. The first-order valence-electron chi connectivity index (χ1n) is 5.25. The number of nitrogens with zero attached hydrogens (tertiary/aromatic N) is 2. The number of aromatic nitrogens is 2. The minimum Gasteiger partial charge on any atom is -0.322 e. The Balaban J connectivity index is 2.15. The number of benzene rings is 1. The van der Waals surface area contributed by atoms with Crippen molar-refractivity contribution in [2.75, 3.05) is 0 Å². The molecule has 17 heavy (non-hydrogen) atoms. The van der Waals surface area contributed by atoms with E-state index >= 15 is 0 Å². The summed E-state index contributed by atoms with van der Waals surface area (Å²) in [7, 11) is 1.83.